The lowest BCUT2D eigenvalue weighted by atomic mass is 9.86. The second-order valence-corrected chi connectivity index (χ2v) is 5.12. The van der Waals surface area contributed by atoms with E-state index in [1.54, 1.807) is 0 Å². The molecule has 1 aromatic carbocycles. The minimum atomic E-state index is -1.42. The van der Waals surface area contributed by atoms with Crippen molar-refractivity contribution >= 4 is 15.9 Å². The average molecular weight is 292 g/mol. The van der Waals surface area contributed by atoms with E-state index >= 15 is 0 Å². The number of alkyl halides is 1. The molecule has 0 heterocycles. The SMILES string of the molecule is N[C@](CF)(c1cc(Br)ccc1F)[C@H]1CC1O. The first kappa shape index (κ1) is 12.0. The molecule has 0 bridgehead atoms. The van der Waals surface area contributed by atoms with Crippen molar-refractivity contribution in [3.05, 3.63) is 34.1 Å². The summed E-state index contributed by atoms with van der Waals surface area (Å²) in [7, 11) is 0. The predicted octanol–water partition coefficient (Wildman–Crippen LogP) is 2.09. The number of nitrogens with two attached hydrogens (primary N) is 1. The number of aliphatic hydroxyl groups is 1. The van der Waals surface area contributed by atoms with Crippen molar-refractivity contribution < 1.29 is 13.9 Å². The van der Waals surface area contributed by atoms with Gasteiger partial charge in [-0.05, 0) is 24.6 Å². The van der Waals surface area contributed by atoms with Crippen LogP contribution in [0.2, 0.25) is 0 Å². The van der Waals surface area contributed by atoms with E-state index in [9.17, 15) is 13.9 Å². The molecule has 1 aromatic rings. The van der Waals surface area contributed by atoms with Gasteiger partial charge in [0.1, 0.15) is 12.5 Å². The van der Waals surface area contributed by atoms with Crippen LogP contribution in [0.15, 0.2) is 22.7 Å². The Labute approximate surface area is 101 Å². The first-order valence-electron chi connectivity index (χ1n) is 4.97. The molecule has 0 radical (unpaired) electrons. The molecule has 2 rings (SSSR count). The van der Waals surface area contributed by atoms with Crippen LogP contribution in [-0.4, -0.2) is 17.9 Å². The van der Waals surface area contributed by atoms with Crippen molar-refractivity contribution in [2.24, 2.45) is 11.7 Å². The minimum Gasteiger partial charge on any atom is -0.393 e. The maximum atomic E-state index is 13.6. The lowest BCUT2D eigenvalue weighted by Gasteiger charge is -2.27. The third-order valence-corrected chi connectivity index (χ3v) is 3.56. The van der Waals surface area contributed by atoms with Gasteiger partial charge in [0.2, 0.25) is 0 Å². The zero-order valence-corrected chi connectivity index (χ0v) is 10.0. The molecule has 2 nitrogen and oxygen atoms in total. The molecule has 1 unspecified atom stereocenters. The molecule has 1 aliphatic carbocycles. The smallest absolute Gasteiger partial charge is 0.128 e. The topological polar surface area (TPSA) is 46.2 Å². The summed E-state index contributed by atoms with van der Waals surface area (Å²) in [5, 5.41) is 9.33. The summed E-state index contributed by atoms with van der Waals surface area (Å²) in [5.74, 6) is -0.941. The molecule has 3 N–H and O–H groups in total. The van der Waals surface area contributed by atoms with Gasteiger partial charge in [0.15, 0.2) is 0 Å². The van der Waals surface area contributed by atoms with Crippen molar-refractivity contribution in [2.45, 2.75) is 18.1 Å². The number of hydrogen-bond acceptors (Lipinski definition) is 2. The summed E-state index contributed by atoms with van der Waals surface area (Å²) in [6.45, 7) is -0.887. The average Bonchev–Trinajstić information content (AvgIpc) is 2.99. The number of aliphatic hydroxyl groups excluding tert-OH is 1. The Morgan fingerprint density at radius 1 is 1.56 bits per heavy atom. The van der Waals surface area contributed by atoms with Crippen LogP contribution in [0, 0.1) is 11.7 Å². The highest BCUT2D eigenvalue weighted by Crippen LogP contribution is 2.45. The van der Waals surface area contributed by atoms with Crippen molar-refractivity contribution in [2.75, 3.05) is 6.67 Å². The van der Waals surface area contributed by atoms with Crippen LogP contribution in [0.1, 0.15) is 12.0 Å². The van der Waals surface area contributed by atoms with E-state index in [-0.39, 0.29) is 5.56 Å². The molecular weight excluding hydrogens is 280 g/mol. The van der Waals surface area contributed by atoms with Gasteiger partial charge in [-0.2, -0.15) is 0 Å². The number of benzene rings is 1. The van der Waals surface area contributed by atoms with Crippen LogP contribution in [-0.2, 0) is 5.54 Å². The Kier molecular flexibility index (Phi) is 3.03. The van der Waals surface area contributed by atoms with Gasteiger partial charge in [0, 0.05) is 16.0 Å². The third-order valence-electron chi connectivity index (χ3n) is 3.07. The minimum absolute atomic E-state index is 0.117. The molecule has 0 aromatic heterocycles. The second kappa shape index (κ2) is 4.05. The van der Waals surface area contributed by atoms with Gasteiger partial charge in [-0.3, -0.25) is 0 Å². The van der Waals surface area contributed by atoms with Gasteiger partial charge in [-0.15, -0.1) is 0 Å². The van der Waals surface area contributed by atoms with Crippen LogP contribution < -0.4 is 5.73 Å². The highest BCUT2D eigenvalue weighted by Gasteiger charge is 2.52. The van der Waals surface area contributed by atoms with Gasteiger partial charge >= 0.3 is 0 Å². The van der Waals surface area contributed by atoms with Gasteiger partial charge in [0.25, 0.3) is 0 Å². The fourth-order valence-corrected chi connectivity index (χ4v) is 2.32. The van der Waals surface area contributed by atoms with Gasteiger partial charge in [-0.1, -0.05) is 15.9 Å². The maximum Gasteiger partial charge on any atom is 0.128 e. The number of halogens is 3. The summed E-state index contributed by atoms with van der Waals surface area (Å²) in [4.78, 5) is 0. The molecule has 1 saturated carbocycles. The quantitative estimate of drug-likeness (QED) is 0.896. The molecule has 0 aliphatic heterocycles. The van der Waals surface area contributed by atoms with Crippen LogP contribution >= 0.6 is 15.9 Å². The van der Waals surface area contributed by atoms with E-state index in [0.29, 0.717) is 10.9 Å². The predicted molar refractivity (Wildman–Crippen MR) is 60.1 cm³/mol. The lowest BCUT2D eigenvalue weighted by molar-refractivity contribution is 0.195. The highest BCUT2D eigenvalue weighted by atomic mass is 79.9. The first-order valence-corrected chi connectivity index (χ1v) is 5.77. The van der Waals surface area contributed by atoms with E-state index in [1.807, 2.05) is 0 Å². The summed E-state index contributed by atoms with van der Waals surface area (Å²) in [5.41, 5.74) is 4.58. The summed E-state index contributed by atoms with van der Waals surface area (Å²) in [6, 6.07) is 4.24. The molecule has 0 saturated heterocycles. The van der Waals surface area contributed by atoms with Gasteiger partial charge in [-0.25, -0.2) is 8.78 Å². The fourth-order valence-electron chi connectivity index (χ4n) is 1.96. The van der Waals surface area contributed by atoms with Crippen molar-refractivity contribution in [1.29, 1.82) is 0 Å². The molecule has 0 amide bonds. The third kappa shape index (κ3) is 1.87. The van der Waals surface area contributed by atoms with Gasteiger partial charge < -0.3 is 10.8 Å². The normalized spacial score (nSPS) is 27.6. The molecule has 0 spiro atoms. The molecule has 1 aliphatic rings. The summed E-state index contributed by atoms with van der Waals surface area (Å²) < 4.78 is 27.3. The Balaban J connectivity index is 2.43. The Morgan fingerprint density at radius 3 is 2.69 bits per heavy atom. The van der Waals surface area contributed by atoms with Crippen molar-refractivity contribution in [1.82, 2.24) is 0 Å². The lowest BCUT2D eigenvalue weighted by Crippen LogP contribution is -2.43. The first-order chi connectivity index (χ1) is 7.49. The van der Waals surface area contributed by atoms with Crippen molar-refractivity contribution in [3.8, 4) is 0 Å². The largest absolute Gasteiger partial charge is 0.393 e. The zero-order chi connectivity index (χ0) is 11.9. The number of hydrogen-bond donors (Lipinski definition) is 2. The molecular formula is C11H12BrF2NO. The van der Waals surface area contributed by atoms with E-state index in [4.69, 9.17) is 5.73 Å². The van der Waals surface area contributed by atoms with Crippen LogP contribution in [0.25, 0.3) is 0 Å². The van der Waals surface area contributed by atoms with Crippen molar-refractivity contribution in [3.63, 3.8) is 0 Å². The zero-order valence-electron chi connectivity index (χ0n) is 8.46. The summed E-state index contributed by atoms with van der Waals surface area (Å²) >= 11 is 3.20. The Morgan fingerprint density at radius 2 is 2.19 bits per heavy atom. The monoisotopic (exact) mass is 291 g/mol. The second-order valence-electron chi connectivity index (χ2n) is 4.21. The van der Waals surface area contributed by atoms with Crippen LogP contribution in [0.3, 0.4) is 0 Å². The number of rotatable bonds is 3. The summed E-state index contributed by atoms with van der Waals surface area (Å²) in [6.07, 6.45) is -0.203. The van der Waals surface area contributed by atoms with Crippen LogP contribution in [0.4, 0.5) is 8.78 Å². The van der Waals surface area contributed by atoms with E-state index in [2.05, 4.69) is 15.9 Å². The maximum absolute atomic E-state index is 13.6. The fraction of sp³-hybridized carbons (Fsp3) is 0.455. The molecule has 3 atom stereocenters. The van der Waals surface area contributed by atoms with E-state index < -0.39 is 30.1 Å². The van der Waals surface area contributed by atoms with Crippen LogP contribution in [0.5, 0.6) is 0 Å². The standard InChI is InChI=1S/C11H12BrF2NO/c12-6-1-2-9(14)7(3-6)11(15,5-13)8-4-10(8)16/h1-3,8,10,16H,4-5,15H2/t8-,10?,11+/m0/s1. The molecule has 16 heavy (non-hydrogen) atoms. The van der Waals surface area contributed by atoms with E-state index in [1.165, 1.54) is 18.2 Å². The molecule has 1 fully saturated rings. The Bertz CT molecular complexity index is 415. The molecule has 88 valence electrons. The van der Waals surface area contributed by atoms with Gasteiger partial charge in [0.05, 0.1) is 11.6 Å². The molecule has 5 heteroatoms. The highest BCUT2D eigenvalue weighted by molar-refractivity contribution is 9.10. The van der Waals surface area contributed by atoms with E-state index in [0.717, 1.165) is 0 Å². The Hall–Kier alpha value is -0.520.